The summed E-state index contributed by atoms with van der Waals surface area (Å²) in [5.74, 6) is 0.439. The normalized spacial score (nSPS) is 17.1. The minimum atomic E-state index is 0.238. The SMILES string of the molecule is CCCN(C1CNC1)C(C)c1ccc2ccccc2c1O. The highest BCUT2D eigenvalue weighted by molar-refractivity contribution is 5.89. The van der Waals surface area contributed by atoms with Gasteiger partial charge >= 0.3 is 0 Å². The molecule has 0 amide bonds. The summed E-state index contributed by atoms with van der Waals surface area (Å²) in [4.78, 5) is 2.51. The summed E-state index contributed by atoms with van der Waals surface area (Å²) in [6, 6.07) is 13.1. The highest BCUT2D eigenvalue weighted by Crippen LogP contribution is 2.35. The van der Waals surface area contributed by atoms with Gasteiger partial charge in [-0.1, -0.05) is 43.3 Å². The molecule has 2 aromatic rings. The van der Waals surface area contributed by atoms with Crippen LogP contribution in [0.2, 0.25) is 0 Å². The van der Waals surface area contributed by atoms with Gasteiger partial charge in [-0.05, 0) is 25.3 Å². The molecule has 0 aromatic heterocycles. The lowest BCUT2D eigenvalue weighted by Gasteiger charge is -2.42. The first-order valence-corrected chi connectivity index (χ1v) is 7.89. The van der Waals surface area contributed by atoms with E-state index in [1.54, 1.807) is 0 Å². The Bertz CT molecular complexity index is 622. The van der Waals surface area contributed by atoms with Gasteiger partial charge < -0.3 is 10.4 Å². The van der Waals surface area contributed by atoms with Crippen LogP contribution in [0.1, 0.15) is 31.9 Å². The third-order valence-corrected chi connectivity index (χ3v) is 4.59. The van der Waals surface area contributed by atoms with E-state index in [1.807, 2.05) is 24.3 Å². The van der Waals surface area contributed by atoms with Gasteiger partial charge in [-0.2, -0.15) is 0 Å². The number of fused-ring (bicyclic) bond motifs is 1. The van der Waals surface area contributed by atoms with Crippen molar-refractivity contribution in [3.63, 3.8) is 0 Å². The Labute approximate surface area is 126 Å². The van der Waals surface area contributed by atoms with Gasteiger partial charge in [0.1, 0.15) is 5.75 Å². The van der Waals surface area contributed by atoms with Crippen LogP contribution in [0, 0.1) is 0 Å². The Morgan fingerprint density at radius 2 is 2.00 bits per heavy atom. The zero-order chi connectivity index (χ0) is 14.8. The Hall–Kier alpha value is -1.58. The third kappa shape index (κ3) is 2.63. The number of phenolic OH excluding ortho intramolecular Hbond substituents is 1. The van der Waals surface area contributed by atoms with Crippen molar-refractivity contribution in [1.82, 2.24) is 10.2 Å². The molecule has 0 radical (unpaired) electrons. The summed E-state index contributed by atoms with van der Waals surface area (Å²) in [5.41, 5.74) is 1.04. The monoisotopic (exact) mass is 284 g/mol. The molecule has 0 saturated carbocycles. The van der Waals surface area contributed by atoms with E-state index in [-0.39, 0.29) is 6.04 Å². The second kappa shape index (κ2) is 6.04. The second-order valence-electron chi connectivity index (χ2n) is 5.95. The molecule has 1 fully saturated rings. The van der Waals surface area contributed by atoms with Crippen LogP contribution in [-0.4, -0.2) is 35.7 Å². The number of hydrogen-bond donors (Lipinski definition) is 2. The summed E-state index contributed by atoms with van der Waals surface area (Å²) in [6.45, 7) is 7.60. The third-order valence-electron chi connectivity index (χ3n) is 4.59. The van der Waals surface area contributed by atoms with Crippen LogP contribution in [-0.2, 0) is 0 Å². The molecule has 1 atom stereocenters. The summed E-state index contributed by atoms with van der Waals surface area (Å²) in [7, 11) is 0. The fourth-order valence-electron chi connectivity index (χ4n) is 3.25. The molecule has 3 nitrogen and oxygen atoms in total. The van der Waals surface area contributed by atoms with Crippen LogP contribution in [0.25, 0.3) is 10.8 Å². The molecule has 1 unspecified atom stereocenters. The van der Waals surface area contributed by atoms with Crippen molar-refractivity contribution in [3.05, 3.63) is 42.0 Å². The smallest absolute Gasteiger partial charge is 0.128 e. The van der Waals surface area contributed by atoms with Gasteiger partial charge in [0, 0.05) is 36.1 Å². The van der Waals surface area contributed by atoms with Gasteiger partial charge in [-0.15, -0.1) is 0 Å². The van der Waals surface area contributed by atoms with E-state index in [4.69, 9.17) is 0 Å². The van der Waals surface area contributed by atoms with Crippen LogP contribution in [0.3, 0.4) is 0 Å². The van der Waals surface area contributed by atoms with Crippen LogP contribution in [0.4, 0.5) is 0 Å². The van der Waals surface area contributed by atoms with Crippen molar-refractivity contribution in [2.75, 3.05) is 19.6 Å². The van der Waals surface area contributed by atoms with Crippen molar-refractivity contribution < 1.29 is 5.11 Å². The topological polar surface area (TPSA) is 35.5 Å². The number of rotatable bonds is 5. The maximum Gasteiger partial charge on any atom is 0.128 e. The van der Waals surface area contributed by atoms with Gasteiger partial charge in [0.25, 0.3) is 0 Å². The quantitative estimate of drug-likeness (QED) is 0.884. The number of aromatic hydroxyl groups is 1. The number of benzene rings is 2. The van der Waals surface area contributed by atoms with Crippen molar-refractivity contribution in [2.45, 2.75) is 32.4 Å². The van der Waals surface area contributed by atoms with Crippen LogP contribution >= 0.6 is 0 Å². The van der Waals surface area contributed by atoms with Gasteiger partial charge in [0.05, 0.1) is 0 Å². The number of phenols is 1. The van der Waals surface area contributed by atoms with Gasteiger partial charge in [-0.25, -0.2) is 0 Å². The highest BCUT2D eigenvalue weighted by atomic mass is 16.3. The second-order valence-corrected chi connectivity index (χ2v) is 5.95. The maximum absolute atomic E-state index is 10.7. The molecule has 2 aromatic carbocycles. The number of nitrogens with zero attached hydrogens (tertiary/aromatic N) is 1. The molecular weight excluding hydrogens is 260 g/mol. The first kappa shape index (κ1) is 14.4. The van der Waals surface area contributed by atoms with Gasteiger partial charge in [-0.3, -0.25) is 4.90 Å². The largest absolute Gasteiger partial charge is 0.507 e. The molecule has 112 valence electrons. The zero-order valence-corrected chi connectivity index (χ0v) is 12.8. The molecule has 0 bridgehead atoms. The predicted molar refractivity (Wildman–Crippen MR) is 87.7 cm³/mol. The number of nitrogens with one attached hydrogen (secondary N) is 1. The molecule has 3 rings (SSSR count). The fraction of sp³-hybridized carbons (Fsp3) is 0.444. The van der Waals surface area contributed by atoms with E-state index in [0.29, 0.717) is 11.8 Å². The van der Waals surface area contributed by atoms with Crippen molar-refractivity contribution >= 4 is 10.8 Å². The Morgan fingerprint density at radius 1 is 1.24 bits per heavy atom. The summed E-state index contributed by atoms with van der Waals surface area (Å²) in [5, 5.41) is 16.1. The minimum absolute atomic E-state index is 0.238. The van der Waals surface area contributed by atoms with E-state index in [2.05, 4.69) is 36.2 Å². The highest BCUT2D eigenvalue weighted by Gasteiger charge is 2.29. The van der Waals surface area contributed by atoms with E-state index in [1.165, 1.54) is 0 Å². The molecular formula is C18H24N2O. The first-order valence-electron chi connectivity index (χ1n) is 7.89. The van der Waals surface area contributed by atoms with Crippen LogP contribution < -0.4 is 5.32 Å². The lowest BCUT2D eigenvalue weighted by atomic mass is 9.97. The van der Waals surface area contributed by atoms with E-state index in [0.717, 1.165) is 42.4 Å². The lowest BCUT2D eigenvalue weighted by Crippen LogP contribution is -2.57. The van der Waals surface area contributed by atoms with Gasteiger partial charge in [0.15, 0.2) is 0 Å². The van der Waals surface area contributed by atoms with Gasteiger partial charge in [0.2, 0.25) is 0 Å². The van der Waals surface area contributed by atoms with Crippen molar-refractivity contribution in [1.29, 1.82) is 0 Å². The molecule has 0 spiro atoms. The average molecular weight is 284 g/mol. The molecule has 2 N–H and O–H groups in total. The maximum atomic E-state index is 10.7. The molecule has 0 aliphatic carbocycles. The summed E-state index contributed by atoms with van der Waals surface area (Å²) in [6.07, 6.45) is 1.13. The Balaban J connectivity index is 1.95. The Morgan fingerprint density at radius 3 is 2.67 bits per heavy atom. The standard InChI is InChI=1S/C18H24N2O/c1-3-10-20(15-11-19-12-15)13(2)16-9-8-14-6-4-5-7-17(14)18(16)21/h4-9,13,15,19,21H,3,10-12H2,1-2H3. The van der Waals surface area contributed by atoms with E-state index >= 15 is 0 Å². The summed E-state index contributed by atoms with van der Waals surface area (Å²) < 4.78 is 0. The summed E-state index contributed by atoms with van der Waals surface area (Å²) >= 11 is 0. The molecule has 21 heavy (non-hydrogen) atoms. The number of hydrogen-bond acceptors (Lipinski definition) is 3. The molecule has 3 heteroatoms. The van der Waals surface area contributed by atoms with Crippen molar-refractivity contribution in [3.8, 4) is 5.75 Å². The molecule has 1 aliphatic heterocycles. The fourth-order valence-corrected chi connectivity index (χ4v) is 3.25. The van der Waals surface area contributed by atoms with Crippen molar-refractivity contribution in [2.24, 2.45) is 0 Å². The molecule has 1 aliphatic rings. The van der Waals surface area contributed by atoms with E-state index in [9.17, 15) is 5.11 Å². The predicted octanol–water partition coefficient (Wildman–Crippen LogP) is 3.29. The zero-order valence-electron chi connectivity index (χ0n) is 12.8. The van der Waals surface area contributed by atoms with E-state index < -0.39 is 0 Å². The first-order chi connectivity index (χ1) is 10.2. The average Bonchev–Trinajstić information content (AvgIpc) is 2.45. The minimum Gasteiger partial charge on any atom is -0.507 e. The molecule has 1 heterocycles. The van der Waals surface area contributed by atoms with Crippen LogP contribution in [0.5, 0.6) is 5.75 Å². The lowest BCUT2D eigenvalue weighted by molar-refractivity contribution is 0.102. The molecule has 1 saturated heterocycles. The Kier molecular flexibility index (Phi) is 4.13. The van der Waals surface area contributed by atoms with Crippen LogP contribution in [0.15, 0.2) is 36.4 Å².